The molecule has 1 unspecified atom stereocenters. The third-order valence-electron chi connectivity index (χ3n) is 3.43. The molecule has 1 heterocycles. The van der Waals surface area contributed by atoms with Crippen LogP contribution in [0.5, 0.6) is 0 Å². The molecule has 2 N–H and O–H groups in total. The summed E-state index contributed by atoms with van der Waals surface area (Å²) in [6.45, 7) is 2.08. The molecular formula is C17H16BrNO. The quantitative estimate of drug-likeness (QED) is 0.753. The van der Waals surface area contributed by atoms with Crippen molar-refractivity contribution in [1.82, 2.24) is 0 Å². The van der Waals surface area contributed by atoms with Gasteiger partial charge in [0.15, 0.2) is 0 Å². The molecule has 102 valence electrons. The van der Waals surface area contributed by atoms with Crippen molar-refractivity contribution in [3.05, 3.63) is 69.9 Å². The summed E-state index contributed by atoms with van der Waals surface area (Å²) in [4.78, 5) is 0. The molecule has 0 aliphatic carbocycles. The van der Waals surface area contributed by atoms with Crippen LogP contribution >= 0.6 is 15.9 Å². The Labute approximate surface area is 126 Å². The molecule has 3 rings (SSSR count). The minimum Gasteiger partial charge on any atom is -0.459 e. The fourth-order valence-corrected chi connectivity index (χ4v) is 2.61. The van der Waals surface area contributed by atoms with Gasteiger partial charge in [-0.2, -0.15) is 0 Å². The number of nitrogens with two attached hydrogens (primary N) is 1. The van der Waals surface area contributed by atoms with Gasteiger partial charge in [-0.3, -0.25) is 0 Å². The van der Waals surface area contributed by atoms with Crippen molar-refractivity contribution in [2.45, 2.75) is 19.4 Å². The van der Waals surface area contributed by atoms with Gasteiger partial charge in [0.05, 0.1) is 6.04 Å². The molecule has 0 aliphatic heterocycles. The Kier molecular flexibility index (Phi) is 3.64. The van der Waals surface area contributed by atoms with Crippen LogP contribution in [0, 0.1) is 6.92 Å². The Morgan fingerprint density at radius 1 is 1.10 bits per heavy atom. The van der Waals surface area contributed by atoms with Crippen LogP contribution in [-0.2, 0) is 6.42 Å². The minimum absolute atomic E-state index is 0.121. The summed E-state index contributed by atoms with van der Waals surface area (Å²) in [7, 11) is 0. The monoisotopic (exact) mass is 329 g/mol. The lowest BCUT2D eigenvalue weighted by atomic mass is 10.0. The van der Waals surface area contributed by atoms with Gasteiger partial charge in [0.25, 0.3) is 0 Å². The second-order valence-corrected chi connectivity index (χ2v) is 6.04. The second kappa shape index (κ2) is 5.43. The van der Waals surface area contributed by atoms with Gasteiger partial charge in [0.2, 0.25) is 0 Å². The average Bonchev–Trinajstić information content (AvgIpc) is 2.84. The lowest BCUT2D eigenvalue weighted by Crippen LogP contribution is -2.12. The molecule has 1 aromatic heterocycles. The van der Waals surface area contributed by atoms with E-state index in [1.165, 1.54) is 11.1 Å². The zero-order valence-electron chi connectivity index (χ0n) is 11.3. The summed E-state index contributed by atoms with van der Waals surface area (Å²) in [5.74, 6) is 0.841. The maximum atomic E-state index is 6.26. The van der Waals surface area contributed by atoms with Gasteiger partial charge in [-0.15, -0.1) is 0 Å². The lowest BCUT2D eigenvalue weighted by Gasteiger charge is -2.08. The first-order chi connectivity index (χ1) is 9.61. The van der Waals surface area contributed by atoms with Gasteiger partial charge in [-0.1, -0.05) is 39.7 Å². The van der Waals surface area contributed by atoms with Crippen molar-refractivity contribution in [2.24, 2.45) is 5.73 Å². The van der Waals surface area contributed by atoms with E-state index in [0.29, 0.717) is 0 Å². The number of aryl methyl sites for hydroxylation is 1. The SMILES string of the molecule is Cc1ccc2oc(C(N)Cc3ccc(Br)cc3)cc2c1. The van der Waals surface area contributed by atoms with Crippen molar-refractivity contribution in [1.29, 1.82) is 0 Å². The van der Waals surface area contributed by atoms with E-state index in [2.05, 4.69) is 47.1 Å². The number of rotatable bonds is 3. The summed E-state index contributed by atoms with van der Waals surface area (Å²) < 4.78 is 6.92. The van der Waals surface area contributed by atoms with Crippen LogP contribution < -0.4 is 5.73 Å². The lowest BCUT2D eigenvalue weighted by molar-refractivity contribution is 0.494. The number of hydrogen-bond donors (Lipinski definition) is 1. The van der Waals surface area contributed by atoms with E-state index in [9.17, 15) is 0 Å². The maximum absolute atomic E-state index is 6.26. The molecule has 0 fully saturated rings. The van der Waals surface area contributed by atoms with Crippen LogP contribution in [-0.4, -0.2) is 0 Å². The predicted molar refractivity (Wildman–Crippen MR) is 85.7 cm³/mol. The van der Waals surface area contributed by atoms with Gasteiger partial charge < -0.3 is 10.2 Å². The molecule has 0 aliphatic rings. The van der Waals surface area contributed by atoms with E-state index >= 15 is 0 Å². The summed E-state index contributed by atoms with van der Waals surface area (Å²) in [5.41, 5.74) is 9.60. The first kappa shape index (κ1) is 13.4. The number of benzene rings is 2. The maximum Gasteiger partial charge on any atom is 0.134 e. The fourth-order valence-electron chi connectivity index (χ4n) is 2.34. The van der Waals surface area contributed by atoms with Crippen LogP contribution in [0.15, 0.2) is 57.4 Å². The predicted octanol–water partition coefficient (Wildman–Crippen LogP) is 4.75. The third kappa shape index (κ3) is 2.79. The highest BCUT2D eigenvalue weighted by molar-refractivity contribution is 9.10. The van der Waals surface area contributed by atoms with E-state index in [1.54, 1.807) is 0 Å². The van der Waals surface area contributed by atoms with Gasteiger partial charge in [0, 0.05) is 9.86 Å². The zero-order chi connectivity index (χ0) is 14.1. The van der Waals surface area contributed by atoms with Gasteiger partial charge in [-0.25, -0.2) is 0 Å². The molecule has 2 aromatic carbocycles. The highest BCUT2D eigenvalue weighted by Crippen LogP contribution is 2.26. The van der Waals surface area contributed by atoms with Crippen LogP contribution in [0.2, 0.25) is 0 Å². The Morgan fingerprint density at radius 3 is 2.60 bits per heavy atom. The van der Waals surface area contributed by atoms with Crippen molar-refractivity contribution in [3.8, 4) is 0 Å². The molecule has 3 heteroatoms. The summed E-state index contributed by atoms with van der Waals surface area (Å²) in [6, 6.07) is 16.3. The van der Waals surface area contributed by atoms with E-state index < -0.39 is 0 Å². The molecular weight excluding hydrogens is 314 g/mol. The normalized spacial score (nSPS) is 12.8. The molecule has 20 heavy (non-hydrogen) atoms. The van der Waals surface area contributed by atoms with Gasteiger partial charge >= 0.3 is 0 Å². The molecule has 0 saturated carbocycles. The summed E-state index contributed by atoms with van der Waals surface area (Å²) in [6.07, 6.45) is 0.770. The molecule has 2 nitrogen and oxygen atoms in total. The largest absolute Gasteiger partial charge is 0.459 e. The number of fused-ring (bicyclic) bond motifs is 1. The highest BCUT2D eigenvalue weighted by Gasteiger charge is 2.13. The smallest absolute Gasteiger partial charge is 0.134 e. The highest BCUT2D eigenvalue weighted by atomic mass is 79.9. The fraction of sp³-hybridized carbons (Fsp3) is 0.176. The number of hydrogen-bond acceptors (Lipinski definition) is 2. The Balaban J connectivity index is 1.84. The standard InChI is InChI=1S/C17H16BrNO/c1-11-2-7-16-13(8-11)10-17(20-16)15(19)9-12-3-5-14(18)6-4-12/h2-8,10,15H,9,19H2,1H3. The number of halogens is 1. The molecule has 0 bridgehead atoms. The van der Waals surface area contributed by atoms with Crippen molar-refractivity contribution in [2.75, 3.05) is 0 Å². The topological polar surface area (TPSA) is 39.2 Å². The van der Waals surface area contributed by atoms with Crippen molar-refractivity contribution >= 4 is 26.9 Å². The average molecular weight is 330 g/mol. The van der Waals surface area contributed by atoms with E-state index in [-0.39, 0.29) is 6.04 Å². The second-order valence-electron chi connectivity index (χ2n) is 5.13. The number of furan rings is 1. The van der Waals surface area contributed by atoms with Gasteiger partial charge in [-0.05, 0) is 49.2 Å². The molecule has 0 spiro atoms. The third-order valence-corrected chi connectivity index (χ3v) is 3.95. The Bertz CT molecular complexity index is 730. The van der Waals surface area contributed by atoms with Gasteiger partial charge in [0.1, 0.15) is 11.3 Å². The van der Waals surface area contributed by atoms with Crippen LogP contribution in [0.4, 0.5) is 0 Å². The van der Waals surface area contributed by atoms with E-state index in [1.807, 2.05) is 24.3 Å². The molecule has 0 saturated heterocycles. The first-order valence-corrected chi connectivity index (χ1v) is 7.41. The van der Waals surface area contributed by atoms with Crippen LogP contribution in [0.25, 0.3) is 11.0 Å². The first-order valence-electron chi connectivity index (χ1n) is 6.62. The minimum atomic E-state index is -0.121. The van der Waals surface area contributed by atoms with Crippen LogP contribution in [0.3, 0.4) is 0 Å². The van der Waals surface area contributed by atoms with E-state index in [4.69, 9.17) is 10.2 Å². The summed E-state index contributed by atoms with van der Waals surface area (Å²) >= 11 is 3.44. The van der Waals surface area contributed by atoms with Crippen molar-refractivity contribution in [3.63, 3.8) is 0 Å². The van der Waals surface area contributed by atoms with E-state index in [0.717, 1.165) is 27.6 Å². The molecule has 1 atom stereocenters. The molecule has 0 radical (unpaired) electrons. The molecule has 0 amide bonds. The zero-order valence-corrected chi connectivity index (χ0v) is 12.9. The van der Waals surface area contributed by atoms with Crippen LogP contribution in [0.1, 0.15) is 22.9 Å². The summed E-state index contributed by atoms with van der Waals surface area (Å²) in [5, 5.41) is 1.12. The Morgan fingerprint density at radius 2 is 1.85 bits per heavy atom. The van der Waals surface area contributed by atoms with Crippen molar-refractivity contribution < 1.29 is 4.42 Å². The Hall–Kier alpha value is -1.58. The molecule has 3 aromatic rings.